The van der Waals surface area contributed by atoms with Crippen LogP contribution in [0, 0.1) is 5.82 Å². The summed E-state index contributed by atoms with van der Waals surface area (Å²) in [5, 5.41) is 3.25. The Bertz CT molecular complexity index is 392. The number of nitrogens with zero attached hydrogens (tertiary/aromatic N) is 3. The Balaban J connectivity index is 2.71. The molecule has 0 radical (unpaired) electrons. The van der Waals surface area contributed by atoms with Crippen molar-refractivity contribution >= 4 is 5.69 Å². The minimum atomic E-state index is -0.595. The van der Waals surface area contributed by atoms with Crippen molar-refractivity contribution < 1.29 is 13.9 Å². The predicted molar refractivity (Wildman–Crippen MR) is 57.2 cm³/mol. The highest BCUT2D eigenvalue weighted by molar-refractivity contribution is 5.52. The topological polar surface area (TPSA) is 67.2 Å². The molecule has 0 saturated carbocycles. The van der Waals surface area contributed by atoms with E-state index in [1.165, 1.54) is 12.1 Å². The van der Waals surface area contributed by atoms with Gasteiger partial charge < -0.3 is 9.47 Å². The van der Waals surface area contributed by atoms with E-state index in [2.05, 4.69) is 10.0 Å². The van der Waals surface area contributed by atoms with Crippen LogP contribution in [0.1, 0.15) is 6.42 Å². The highest BCUT2D eigenvalue weighted by Gasteiger charge is 2.07. The number of benzene rings is 1. The average molecular weight is 225 g/mol. The molecule has 0 heterocycles. The number of halogens is 1. The summed E-state index contributed by atoms with van der Waals surface area (Å²) in [7, 11) is 1.59. The van der Waals surface area contributed by atoms with E-state index in [0.29, 0.717) is 19.6 Å². The molecular weight excluding hydrogens is 213 g/mol. The van der Waals surface area contributed by atoms with Crippen LogP contribution < -0.4 is 4.74 Å². The number of hydrogen-bond acceptors (Lipinski definition) is 3. The summed E-state index contributed by atoms with van der Waals surface area (Å²) in [5.74, 6) is -0.351. The van der Waals surface area contributed by atoms with Crippen molar-refractivity contribution in [3.8, 4) is 5.75 Å². The van der Waals surface area contributed by atoms with Gasteiger partial charge in [0.05, 0.1) is 6.61 Å². The molecule has 0 unspecified atom stereocenters. The number of ether oxygens (including phenoxy) is 2. The molecule has 86 valence electrons. The number of rotatable bonds is 6. The molecule has 0 bridgehead atoms. The summed E-state index contributed by atoms with van der Waals surface area (Å²) in [5.41, 5.74) is 8.19. The first-order valence-electron chi connectivity index (χ1n) is 4.75. The summed E-state index contributed by atoms with van der Waals surface area (Å²) in [4.78, 5) is 2.55. The Morgan fingerprint density at radius 1 is 1.44 bits per heavy atom. The molecule has 16 heavy (non-hydrogen) atoms. The van der Waals surface area contributed by atoms with Crippen molar-refractivity contribution in [2.24, 2.45) is 5.11 Å². The fourth-order valence-electron chi connectivity index (χ4n) is 1.14. The predicted octanol–water partition coefficient (Wildman–Crippen LogP) is 3.18. The van der Waals surface area contributed by atoms with Crippen LogP contribution in [0.15, 0.2) is 23.3 Å². The van der Waals surface area contributed by atoms with Crippen LogP contribution in [0.4, 0.5) is 10.1 Å². The van der Waals surface area contributed by atoms with Gasteiger partial charge >= 0.3 is 0 Å². The van der Waals surface area contributed by atoms with Gasteiger partial charge in [-0.1, -0.05) is 11.2 Å². The number of azide groups is 1. The van der Waals surface area contributed by atoms with Gasteiger partial charge in [0.15, 0.2) is 0 Å². The van der Waals surface area contributed by atoms with E-state index in [1.807, 2.05) is 0 Å². The maximum atomic E-state index is 13.2. The second kappa shape index (κ2) is 6.66. The minimum absolute atomic E-state index is 0.109. The van der Waals surface area contributed by atoms with E-state index in [4.69, 9.17) is 15.0 Å². The van der Waals surface area contributed by atoms with Crippen molar-refractivity contribution in [1.82, 2.24) is 0 Å². The standard InChI is InChI=1S/C10H12FN3O2/c1-15-6-3-7-16-9-5-2-4-8(11)10(9)13-14-12/h2,4-5H,3,6-7H2,1H3. The Labute approximate surface area is 92.4 Å². The monoisotopic (exact) mass is 225 g/mol. The minimum Gasteiger partial charge on any atom is -0.493 e. The summed E-state index contributed by atoms with van der Waals surface area (Å²) in [6.45, 7) is 0.942. The summed E-state index contributed by atoms with van der Waals surface area (Å²) in [6, 6.07) is 4.27. The first-order valence-corrected chi connectivity index (χ1v) is 4.75. The van der Waals surface area contributed by atoms with Crippen molar-refractivity contribution in [1.29, 1.82) is 0 Å². The molecule has 0 atom stereocenters. The highest BCUT2D eigenvalue weighted by atomic mass is 19.1. The average Bonchev–Trinajstić information content (AvgIpc) is 2.29. The molecule has 0 aliphatic rings. The van der Waals surface area contributed by atoms with Crippen molar-refractivity contribution in [2.45, 2.75) is 6.42 Å². The molecule has 0 aliphatic carbocycles. The molecule has 0 aromatic heterocycles. The summed E-state index contributed by atoms with van der Waals surface area (Å²) >= 11 is 0. The molecule has 0 aliphatic heterocycles. The van der Waals surface area contributed by atoms with Crippen LogP contribution in [0.3, 0.4) is 0 Å². The van der Waals surface area contributed by atoms with Gasteiger partial charge in [0.2, 0.25) is 0 Å². The third kappa shape index (κ3) is 3.42. The first kappa shape index (κ1) is 12.3. The zero-order valence-electron chi connectivity index (χ0n) is 8.89. The molecule has 0 amide bonds. The van der Waals surface area contributed by atoms with E-state index in [1.54, 1.807) is 13.2 Å². The molecular formula is C10H12FN3O2. The summed E-state index contributed by atoms with van der Waals surface area (Å²) in [6.07, 6.45) is 0.683. The molecule has 1 rings (SSSR count). The van der Waals surface area contributed by atoms with Crippen LogP contribution in [0.2, 0.25) is 0 Å². The van der Waals surface area contributed by atoms with Crippen LogP contribution in [-0.4, -0.2) is 20.3 Å². The maximum Gasteiger partial charge on any atom is 0.136 e. The Kier molecular flexibility index (Phi) is 5.11. The lowest BCUT2D eigenvalue weighted by molar-refractivity contribution is 0.172. The van der Waals surface area contributed by atoms with Crippen molar-refractivity contribution in [3.05, 3.63) is 34.5 Å². The molecule has 6 heteroatoms. The smallest absolute Gasteiger partial charge is 0.136 e. The zero-order valence-corrected chi connectivity index (χ0v) is 8.89. The Hall–Kier alpha value is -1.78. The van der Waals surface area contributed by atoms with Gasteiger partial charge in [0.1, 0.15) is 17.3 Å². The third-order valence-corrected chi connectivity index (χ3v) is 1.84. The van der Waals surface area contributed by atoms with Crippen molar-refractivity contribution in [2.75, 3.05) is 20.3 Å². The van der Waals surface area contributed by atoms with E-state index in [-0.39, 0.29) is 11.4 Å². The molecule has 5 nitrogen and oxygen atoms in total. The number of hydrogen-bond donors (Lipinski definition) is 0. The lowest BCUT2D eigenvalue weighted by Gasteiger charge is -2.08. The maximum absolute atomic E-state index is 13.2. The van der Waals surface area contributed by atoms with Crippen LogP contribution >= 0.6 is 0 Å². The van der Waals surface area contributed by atoms with Crippen LogP contribution in [0.5, 0.6) is 5.75 Å². The number of methoxy groups -OCH3 is 1. The second-order valence-electron chi connectivity index (χ2n) is 2.97. The zero-order chi connectivity index (χ0) is 11.8. The van der Waals surface area contributed by atoms with Gasteiger partial charge in [0, 0.05) is 25.0 Å². The lowest BCUT2D eigenvalue weighted by Crippen LogP contribution is -2.01. The van der Waals surface area contributed by atoms with Gasteiger partial charge in [0.25, 0.3) is 0 Å². The quantitative estimate of drug-likeness (QED) is 0.323. The Morgan fingerprint density at radius 3 is 2.94 bits per heavy atom. The highest BCUT2D eigenvalue weighted by Crippen LogP contribution is 2.30. The lowest BCUT2D eigenvalue weighted by atomic mass is 10.3. The first-order chi connectivity index (χ1) is 7.79. The van der Waals surface area contributed by atoms with Gasteiger partial charge in [-0.15, -0.1) is 0 Å². The molecule has 0 N–H and O–H groups in total. The molecule has 0 fully saturated rings. The van der Waals surface area contributed by atoms with E-state index in [9.17, 15) is 4.39 Å². The largest absolute Gasteiger partial charge is 0.493 e. The summed E-state index contributed by atoms with van der Waals surface area (Å²) < 4.78 is 23.4. The SMILES string of the molecule is COCCCOc1cccc(F)c1N=[N+]=[N-]. The van der Waals surface area contributed by atoms with Gasteiger partial charge in [-0.2, -0.15) is 0 Å². The molecule has 0 spiro atoms. The van der Waals surface area contributed by atoms with E-state index >= 15 is 0 Å². The fourth-order valence-corrected chi connectivity index (χ4v) is 1.14. The van der Waals surface area contributed by atoms with E-state index in [0.717, 1.165) is 0 Å². The Morgan fingerprint density at radius 2 is 2.25 bits per heavy atom. The molecule has 1 aromatic carbocycles. The van der Waals surface area contributed by atoms with E-state index < -0.39 is 5.82 Å². The molecule has 0 saturated heterocycles. The third-order valence-electron chi connectivity index (χ3n) is 1.84. The van der Waals surface area contributed by atoms with Gasteiger partial charge in [-0.25, -0.2) is 4.39 Å². The van der Waals surface area contributed by atoms with Crippen LogP contribution in [-0.2, 0) is 4.74 Å². The normalized spacial score (nSPS) is 9.62. The van der Waals surface area contributed by atoms with Crippen LogP contribution in [0.25, 0.3) is 10.4 Å². The fraction of sp³-hybridized carbons (Fsp3) is 0.400. The molecule has 1 aromatic rings. The second-order valence-corrected chi connectivity index (χ2v) is 2.97. The van der Waals surface area contributed by atoms with Crippen molar-refractivity contribution in [3.63, 3.8) is 0 Å². The van der Waals surface area contributed by atoms with Gasteiger partial charge in [-0.3, -0.25) is 0 Å². The van der Waals surface area contributed by atoms with Gasteiger partial charge in [-0.05, 0) is 17.7 Å².